The Hall–Kier alpha value is -3.14. The molecule has 170 valence electrons. The molecule has 7 nitrogen and oxygen atoms in total. The molecule has 1 aromatic carbocycles. The predicted octanol–water partition coefficient (Wildman–Crippen LogP) is 3.02. The number of hydrogen-bond donors (Lipinski definition) is 1. The lowest BCUT2D eigenvalue weighted by atomic mass is 10.1. The Labute approximate surface area is 183 Å². The summed E-state index contributed by atoms with van der Waals surface area (Å²) in [4.78, 5) is 24.0. The van der Waals surface area contributed by atoms with E-state index in [1.54, 1.807) is 11.0 Å². The first kappa shape index (κ1) is 22.1. The smallest absolute Gasteiger partial charge is 0.338 e. The van der Waals surface area contributed by atoms with Gasteiger partial charge in [-0.25, -0.2) is 14.8 Å². The van der Waals surface area contributed by atoms with E-state index in [0.29, 0.717) is 39.3 Å². The summed E-state index contributed by atoms with van der Waals surface area (Å²) in [5.41, 5.74) is 1.63. The number of pyridine rings is 1. The molecule has 1 saturated heterocycles. The van der Waals surface area contributed by atoms with E-state index in [9.17, 15) is 18.0 Å². The summed E-state index contributed by atoms with van der Waals surface area (Å²) in [5.74, 6) is -0.928. The van der Waals surface area contributed by atoms with E-state index in [0.717, 1.165) is 16.6 Å². The number of halogens is 3. The molecule has 1 N–H and O–H groups in total. The summed E-state index contributed by atoms with van der Waals surface area (Å²) in [6, 6.07) is 12.9. The first-order valence-electron chi connectivity index (χ1n) is 10.6. The number of amides is 2. The highest BCUT2D eigenvalue weighted by Gasteiger charge is 2.38. The maximum Gasteiger partial charge on any atom is 0.449 e. The van der Waals surface area contributed by atoms with E-state index in [2.05, 4.69) is 20.2 Å². The Kier molecular flexibility index (Phi) is 6.59. The number of nitrogens with one attached hydrogen (secondary N) is 1. The first-order valence-corrected chi connectivity index (χ1v) is 10.6. The van der Waals surface area contributed by atoms with Crippen LogP contribution in [0.2, 0.25) is 0 Å². The van der Waals surface area contributed by atoms with Crippen molar-refractivity contribution in [3.05, 3.63) is 60.0 Å². The molecule has 2 aromatic heterocycles. The lowest BCUT2D eigenvalue weighted by Crippen LogP contribution is -2.52. The van der Waals surface area contributed by atoms with Crippen molar-refractivity contribution in [3.63, 3.8) is 0 Å². The highest BCUT2D eigenvalue weighted by molar-refractivity contribution is 5.74. The van der Waals surface area contributed by atoms with Crippen LogP contribution in [-0.4, -0.2) is 69.6 Å². The normalized spacial score (nSPS) is 15.3. The van der Waals surface area contributed by atoms with E-state index >= 15 is 0 Å². The molecule has 10 heteroatoms. The minimum atomic E-state index is -4.54. The molecule has 4 rings (SSSR count). The molecular formula is C22H25F3N6O. The van der Waals surface area contributed by atoms with Crippen LogP contribution in [0.25, 0.3) is 11.2 Å². The number of alkyl halides is 3. The Morgan fingerprint density at radius 1 is 1.00 bits per heavy atom. The first-order chi connectivity index (χ1) is 15.4. The van der Waals surface area contributed by atoms with Crippen LogP contribution in [0.1, 0.15) is 11.4 Å². The number of imidazole rings is 1. The Bertz CT molecular complexity index is 1040. The second kappa shape index (κ2) is 9.56. The maximum absolute atomic E-state index is 13.4. The van der Waals surface area contributed by atoms with Crippen LogP contribution in [0.3, 0.4) is 0 Å². The van der Waals surface area contributed by atoms with Gasteiger partial charge in [0.05, 0.1) is 0 Å². The quantitative estimate of drug-likeness (QED) is 0.632. The van der Waals surface area contributed by atoms with Gasteiger partial charge < -0.3 is 14.8 Å². The van der Waals surface area contributed by atoms with Crippen molar-refractivity contribution in [2.75, 3.05) is 39.3 Å². The summed E-state index contributed by atoms with van der Waals surface area (Å²) in [6.45, 7) is 3.39. The molecule has 2 amide bonds. The lowest BCUT2D eigenvalue weighted by Gasteiger charge is -2.34. The van der Waals surface area contributed by atoms with Gasteiger partial charge in [-0.1, -0.05) is 30.3 Å². The Balaban J connectivity index is 1.27. The number of carbonyl (C=O) groups is 1. The molecule has 0 aliphatic carbocycles. The molecule has 0 radical (unpaired) electrons. The van der Waals surface area contributed by atoms with Crippen molar-refractivity contribution in [1.29, 1.82) is 0 Å². The largest absolute Gasteiger partial charge is 0.449 e. The van der Waals surface area contributed by atoms with E-state index in [1.165, 1.54) is 12.3 Å². The fourth-order valence-corrected chi connectivity index (χ4v) is 3.87. The zero-order chi connectivity index (χ0) is 22.6. The number of piperazine rings is 1. The molecular weight excluding hydrogens is 421 g/mol. The maximum atomic E-state index is 13.4. The zero-order valence-electron chi connectivity index (χ0n) is 17.6. The molecule has 0 spiro atoms. The van der Waals surface area contributed by atoms with Crippen LogP contribution >= 0.6 is 0 Å². The van der Waals surface area contributed by atoms with Crippen LogP contribution in [0.4, 0.5) is 18.0 Å². The monoisotopic (exact) mass is 446 g/mol. The minimum Gasteiger partial charge on any atom is -0.338 e. The third-order valence-electron chi connectivity index (χ3n) is 5.59. The zero-order valence-corrected chi connectivity index (χ0v) is 17.6. The van der Waals surface area contributed by atoms with Crippen LogP contribution in [0.15, 0.2) is 48.7 Å². The van der Waals surface area contributed by atoms with E-state index in [-0.39, 0.29) is 23.7 Å². The molecule has 0 bridgehead atoms. The van der Waals surface area contributed by atoms with Gasteiger partial charge >= 0.3 is 12.2 Å². The summed E-state index contributed by atoms with van der Waals surface area (Å²) < 4.78 is 41.4. The average Bonchev–Trinajstić information content (AvgIpc) is 3.18. The lowest BCUT2D eigenvalue weighted by molar-refractivity contribution is -0.147. The SMILES string of the molecule is O=C(NCCc1ccccc1)N1CCN(CCn2c(C(F)(F)F)nc3cccnc32)CC1. The number of nitrogens with zero attached hydrogens (tertiary/aromatic N) is 5. The predicted molar refractivity (Wildman–Crippen MR) is 114 cm³/mol. The number of benzene rings is 1. The Morgan fingerprint density at radius 3 is 2.47 bits per heavy atom. The van der Waals surface area contributed by atoms with E-state index < -0.39 is 12.0 Å². The number of fused-ring (bicyclic) bond motifs is 1. The van der Waals surface area contributed by atoms with Gasteiger partial charge in [0.15, 0.2) is 5.65 Å². The van der Waals surface area contributed by atoms with Gasteiger partial charge in [0.2, 0.25) is 5.82 Å². The summed E-state index contributed by atoms with van der Waals surface area (Å²) in [7, 11) is 0. The second-order valence-corrected chi connectivity index (χ2v) is 7.73. The molecule has 32 heavy (non-hydrogen) atoms. The highest BCUT2D eigenvalue weighted by Crippen LogP contribution is 2.30. The summed E-state index contributed by atoms with van der Waals surface area (Å²) in [5, 5.41) is 2.94. The summed E-state index contributed by atoms with van der Waals surface area (Å²) >= 11 is 0. The van der Waals surface area contributed by atoms with Crippen molar-refractivity contribution in [1.82, 2.24) is 29.7 Å². The van der Waals surface area contributed by atoms with Crippen molar-refractivity contribution >= 4 is 17.2 Å². The van der Waals surface area contributed by atoms with E-state index in [1.807, 2.05) is 30.3 Å². The number of aromatic nitrogens is 3. The van der Waals surface area contributed by atoms with Crippen LogP contribution in [-0.2, 0) is 19.1 Å². The molecule has 3 heterocycles. The molecule has 1 fully saturated rings. The second-order valence-electron chi connectivity index (χ2n) is 7.73. The van der Waals surface area contributed by atoms with Gasteiger partial charge in [0.1, 0.15) is 5.52 Å². The fourth-order valence-electron chi connectivity index (χ4n) is 3.87. The van der Waals surface area contributed by atoms with E-state index in [4.69, 9.17) is 0 Å². The van der Waals surface area contributed by atoms with Crippen LogP contribution in [0, 0.1) is 0 Å². The average molecular weight is 446 g/mol. The molecule has 0 unspecified atom stereocenters. The van der Waals surface area contributed by atoms with Crippen molar-refractivity contribution in [3.8, 4) is 0 Å². The number of rotatable bonds is 6. The van der Waals surface area contributed by atoms with Gasteiger partial charge in [0, 0.05) is 52.0 Å². The van der Waals surface area contributed by atoms with Gasteiger partial charge in [-0.05, 0) is 24.1 Å². The third kappa shape index (κ3) is 5.18. The minimum absolute atomic E-state index is 0.107. The topological polar surface area (TPSA) is 66.3 Å². The molecule has 0 saturated carbocycles. The van der Waals surface area contributed by atoms with Crippen LogP contribution in [0.5, 0.6) is 0 Å². The van der Waals surface area contributed by atoms with Gasteiger partial charge in [-0.15, -0.1) is 0 Å². The van der Waals surface area contributed by atoms with Crippen LogP contribution < -0.4 is 5.32 Å². The number of carbonyl (C=O) groups excluding carboxylic acids is 1. The van der Waals surface area contributed by atoms with Crippen molar-refractivity contribution in [2.24, 2.45) is 0 Å². The number of hydrogen-bond acceptors (Lipinski definition) is 4. The number of urea groups is 1. The van der Waals surface area contributed by atoms with Crippen molar-refractivity contribution < 1.29 is 18.0 Å². The highest BCUT2D eigenvalue weighted by atomic mass is 19.4. The summed E-state index contributed by atoms with van der Waals surface area (Å²) in [6.07, 6.45) is -2.31. The van der Waals surface area contributed by atoms with Gasteiger partial charge in [0.25, 0.3) is 0 Å². The Morgan fingerprint density at radius 2 is 1.75 bits per heavy atom. The van der Waals surface area contributed by atoms with Gasteiger partial charge in [-0.2, -0.15) is 13.2 Å². The molecule has 3 aromatic rings. The molecule has 1 aliphatic heterocycles. The fraction of sp³-hybridized carbons (Fsp3) is 0.409. The molecule has 1 aliphatic rings. The standard InChI is InChI=1S/C22H25F3N6O/c23-22(24,25)20-28-18-7-4-9-26-19(18)31(20)16-13-29-11-14-30(15-12-29)21(32)27-10-8-17-5-2-1-3-6-17/h1-7,9H,8,10-16H2,(H,27,32). The van der Waals surface area contributed by atoms with Crippen molar-refractivity contribution in [2.45, 2.75) is 19.1 Å². The van der Waals surface area contributed by atoms with Gasteiger partial charge in [-0.3, -0.25) is 4.90 Å². The third-order valence-corrected chi connectivity index (χ3v) is 5.59. The molecule has 0 atom stereocenters.